The van der Waals surface area contributed by atoms with Gasteiger partial charge < -0.3 is 10.1 Å². The van der Waals surface area contributed by atoms with Crippen LogP contribution in [0, 0.1) is 3.95 Å². The third kappa shape index (κ3) is 4.64. The summed E-state index contributed by atoms with van der Waals surface area (Å²) in [6, 6.07) is 14.8. The fourth-order valence-corrected chi connectivity index (χ4v) is 4.54. The number of rotatable bonds is 6. The molecule has 3 aromatic rings. The molecule has 1 amide bonds. The zero-order valence-corrected chi connectivity index (χ0v) is 16.8. The number of methoxy groups -OCH3 is 1. The molecule has 0 fully saturated rings. The molecule has 2 aromatic carbocycles. The minimum atomic E-state index is -0.149. The lowest BCUT2D eigenvalue weighted by Crippen LogP contribution is -2.14. The van der Waals surface area contributed by atoms with Gasteiger partial charge in [0.1, 0.15) is 5.75 Å². The molecule has 0 aliphatic carbocycles. The molecule has 134 valence electrons. The lowest BCUT2D eigenvalue weighted by molar-refractivity contribution is -0.113. The summed E-state index contributed by atoms with van der Waals surface area (Å²) in [7, 11) is 1.54. The summed E-state index contributed by atoms with van der Waals surface area (Å²) in [5, 5.41) is 7.72. The number of anilines is 1. The third-order valence-corrected chi connectivity index (χ3v) is 5.95. The normalized spacial score (nSPS) is 10.5. The predicted octanol–water partition coefficient (Wildman–Crippen LogP) is 5.06. The first-order chi connectivity index (χ1) is 12.6. The highest BCUT2D eigenvalue weighted by Gasteiger charge is 2.10. The highest BCUT2D eigenvalue weighted by Crippen LogP contribution is 2.28. The maximum Gasteiger partial charge on any atom is 0.234 e. The molecule has 0 unspecified atom stereocenters. The van der Waals surface area contributed by atoms with Gasteiger partial charge in [0.2, 0.25) is 5.91 Å². The number of ether oxygens (including phenoxy) is 1. The van der Waals surface area contributed by atoms with E-state index in [9.17, 15) is 4.79 Å². The monoisotopic (exact) mass is 423 g/mol. The van der Waals surface area contributed by atoms with Crippen LogP contribution in [0.5, 0.6) is 5.75 Å². The fraction of sp³-hybridized carbons (Fsp3) is 0.118. The number of hydrogen-bond donors (Lipinski definition) is 1. The van der Waals surface area contributed by atoms with Crippen LogP contribution in [0.1, 0.15) is 0 Å². The number of para-hydroxylation sites is 1. The molecule has 1 N–H and O–H groups in total. The Bertz CT molecular complexity index is 973. The van der Waals surface area contributed by atoms with Gasteiger partial charge in [-0.2, -0.15) is 0 Å². The second-order valence-corrected chi connectivity index (χ2v) is 8.32. The van der Waals surface area contributed by atoms with Crippen LogP contribution in [0.2, 0.25) is 5.02 Å². The SMILES string of the molecule is COc1ccc(NC(=O)CSc2nn(-c3ccccc3)c(=S)s2)cc1Cl. The minimum absolute atomic E-state index is 0.149. The molecular weight excluding hydrogens is 410 g/mol. The molecule has 5 nitrogen and oxygen atoms in total. The van der Waals surface area contributed by atoms with E-state index < -0.39 is 0 Å². The van der Waals surface area contributed by atoms with E-state index in [0.717, 1.165) is 10.0 Å². The number of nitrogens with one attached hydrogen (secondary N) is 1. The van der Waals surface area contributed by atoms with Crippen LogP contribution >= 0.6 is 46.9 Å². The lowest BCUT2D eigenvalue weighted by Gasteiger charge is -2.07. The van der Waals surface area contributed by atoms with Crippen LogP contribution in [0.4, 0.5) is 5.69 Å². The molecule has 3 rings (SSSR count). The molecule has 0 spiro atoms. The summed E-state index contributed by atoms with van der Waals surface area (Å²) in [6.45, 7) is 0. The molecule has 0 saturated carbocycles. The quantitative estimate of drug-likeness (QED) is 0.443. The molecule has 0 radical (unpaired) electrons. The Hall–Kier alpha value is -1.87. The van der Waals surface area contributed by atoms with Crippen molar-refractivity contribution >= 4 is 58.5 Å². The molecular formula is C17H14ClN3O2S3. The van der Waals surface area contributed by atoms with Gasteiger partial charge >= 0.3 is 0 Å². The topological polar surface area (TPSA) is 56.1 Å². The second-order valence-electron chi connectivity index (χ2n) is 5.07. The van der Waals surface area contributed by atoms with E-state index in [0.29, 0.717) is 20.4 Å². The minimum Gasteiger partial charge on any atom is -0.495 e. The maximum atomic E-state index is 12.2. The fourth-order valence-electron chi connectivity index (χ4n) is 2.12. The van der Waals surface area contributed by atoms with Gasteiger partial charge in [0.25, 0.3) is 0 Å². The smallest absolute Gasteiger partial charge is 0.234 e. The average Bonchev–Trinajstić information content (AvgIpc) is 3.02. The number of hydrogen-bond acceptors (Lipinski definition) is 6. The molecule has 0 saturated heterocycles. The molecule has 26 heavy (non-hydrogen) atoms. The Morgan fingerprint density at radius 2 is 2.12 bits per heavy atom. The Morgan fingerprint density at radius 3 is 2.81 bits per heavy atom. The Balaban J connectivity index is 1.62. The molecule has 1 aromatic heterocycles. The number of halogens is 1. The average molecular weight is 424 g/mol. The lowest BCUT2D eigenvalue weighted by atomic mass is 10.3. The molecule has 0 atom stereocenters. The van der Waals surface area contributed by atoms with Gasteiger partial charge in [-0.15, -0.1) is 5.10 Å². The Morgan fingerprint density at radius 1 is 1.35 bits per heavy atom. The van der Waals surface area contributed by atoms with Crippen LogP contribution in [0.3, 0.4) is 0 Å². The summed E-state index contributed by atoms with van der Waals surface area (Å²) in [5.41, 5.74) is 1.52. The van der Waals surface area contributed by atoms with Crippen molar-refractivity contribution in [1.29, 1.82) is 0 Å². The number of benzene rings is 2. The van der Waals surface area contributed by atoms with Crippen LogP contribution < -0.4 is 10.1 Å². The van der Waals surface area contributed by atoms with Gasteiger partial charge in [-0.05, 0) is 42.5 Å². The van der Waals surface area contributed by atoms with E-state index in [1.165, 1.54) is 23.1 Å². The van der Waals surface area contributed by atoms with E-state index in [2.05, 4.69) is 10.4 Å². The summed E-state index contributed by atoms with van der Waals surface area (Å²) >= 11 is 14.1. The zero-order chi connectivity index (χ0) is 18.5. The van der Waals surface area contributed by atoms with Crippen molar-refractivity contribution in [3.05, 3.63) is 57.5 Å². The van der Waals surface area contributed by atoms with Crippen molar-refractivity contribution in [3.8, 4) is 11.4 Å². The molecule has 9 heteroatoms. The first-order valence-electron chi connectivity index (χ1n) is 7.48. The third-order valence-electron chi connectivity index (χ3n) is 3.29. The van der Waals surface area contributed by atoms with Crippen molar-refractivity contribution in [1.82, 2.24) is 9.78 Å². The number of aromatic nitrogens is 2. The van der Waals surface area contributed by atoms with Gasteiger partial charge in [-0.3, -0.25) is 4.79 Å². The van der Waals surface area contributed by atoms with Gasteiger partial charge in [-0.1, -0.05) is 52.9 Å². The van der Waals surface area contributed by atoms with E-state index in [-0.39, 0.29) is 11.7 Å². The molecule has 1 heterocycles. The Labute approximate surface area is 169 Å². The van der Waals surface area contributed by atoms with Crippen molar-refractivity contribution < 1.29 is 9.53 Å². The van der Waals surface area contributed by atoms with E-state index in [1.54, 1.807) is 30.0 Å². The van der Waals surface area contributed by atoms with Gasteiger partial charge in [0.15, 0.2) is 8.29 Å². The first kappa shape index (κ1) is 18.9. The van der Waals surface area contributed by atoms with Crippen LogP contribution in [0.25, 0.3) is 5.69 Å². The summed E-state index contributed by atoms with van der Waals surface area (Å²) in [5.74, 6) is 0.634. The highest BCUT2D eigenvalue weighted by molar-refractivity contribution is 8.01. The number of nitrogens with zero attached hydrogens (tertiary/aromatic N) is 2. The van der Waals surface area contributed by atoms with Gasteiger partial charge in [0.05, 0.1) is 23.6 Å². The largest absolute Gasteiger partial charge is 0.495 e. The van der Waals surface area contributed by atoms with Gasteiger partial charge in [0, 0.05) is 5.69 Å². The molecule has 0 bridgehead atoms. The van der Waals surface area contributed by atoms with E-state index >= 15 is 0 Å². The number of carbonyl (C=O) groups excluding carboxylic acids is 1. The van der Waals surface area contributed by atoms with Crippen molar-refractivity contribution in [2.24, 2.45) is 0 Å². The maximum absolute atomic E-state index is 12.2. The standard InChI is InChI=1S/C17H14ClN3O2S3/c1-23-14-8-7-11(9-13(14)18)19-15(22)10-25-16-20-21(17(24)26-16)12-5-3-2-4-6-12/h2-9H,10H2,1H3,(H,19,22). The van der Waals surface area contributed by atoms with Crippen molar-refractivity contribution in [2.75, 3.05) is 18.2 Å². The van der Waals surface area contributed by atoms with E-state index in [1.807, 2.05) is 30.3 Å². The number of amides is 1. The summed E-state index contributed by atoms with van der Waals surface area (Å²) < 4.78 is 8.17. The number of carbonyl (C=O) groups is 1. The number of thioether (sulfide) groups is 1. The summed E-state index contributed by atoms with van der Waals surface area (Å²) in [4.78, 5) is 12.2. The van der Waals surface area contributed by atoms with Gasteiger partial charge in [-0.25, -0.2) is 4.68 Å². The Kier molecular flexibility index (Phi) is 6.31. The van der Waals surface area contributed by atoms with Crippen LogP contribution in [-0.2, 0) is 4.79 Å². The zero-order valence-electron chi connectivity index (χ0n) is 13.6. The summed E-state index contributed by atoms with van der Waals surface area (Å²) in [6.07, 6.45) is 0. The molecule has 0 aliphatic heterocycles. The predicted molar refractivity (Wildman–Crippen MR) is 110 cm³/mol. The molecule has 0 aliphatic rings. The first-order valence-corrected chi connectivity index (χ1v) is 10.1. The van der Waals surface area contributed by atoms with Crippen LogP contribution in [-0.4, -0.2) is 28.6 Å². The van der Waals surface area contributed by atoms with Crippen molar-refractivity contribution in [3.63, 3.8) is 0 Å². The second kappa shape index (κ2) is 8.68. The van der Waals surface area contributed by atoms with Crippen LogP contribution in [0.15, 0.2) is 52.9 Å². The highest BCUT2D eigenvalue weighted by atomic mass is 35.5. The van der Waals surface area contributed by atoms with Crippen molar-refractivity contribution in [2.45, 2.75) is 4.34 Å². The van der Waals surface area contributed by atoms with E-state index in [4.69, 9.17) is 28.6 Å².